The molecule has 0 spiro atoms. The summed E-state index contributed by atoms with van der Waals surface area (Å²) in [6.07, 6.45) is 0. The summed E-state index contributed by atoms with van der Waals surface area (Å²) in [4.78, 5) is 12.4. The number of likely N-dealkylation sites (N-methyl/N-ethyl adjacent to an activating group) is 1. The van der Waals surface area contributed by atoms with Crippen LogP contribution in [0.3, 0.4) is 0 Å². The number of hydrogen-bond acceptors (Lipinski definition) is 3. The smallest absolute Gasteiger partial charge is 0.234 e. The topological polar surface area (TPSA) is 72.4 Å². The normalized spacial score (nSPS) is 13.6. The Balaban J connectivity index is 3.69. The molecule has 0 aliphatic heterocycles. The predicted molar refractivity (Wildman–Crippen MR) is 40.3 cm³/mol. The van der Waals surface area contributed by atoms with Crippen molar-refractivity contribution in [1.82, 2.24) is 4.90 Å². The van der Waals surface area contributed by atoms with Crippen LogP contribution in [0.1, 0.15) is 6.92 Å². The van der Waals surface area contributed by atoms with E-state index >= 15 is 0 Å². The monoisotopic (exact) mass is 145 g/mol. The van der Waals surface area contributed by atoms with Crippen LogP contribution in [0.2, 0.25) is 0 Å². The number of rotatable bonds is 4. The zero-order valence-corrected chi connectivity index (χ0v) is 6.50. The number of primary amides is 1. The van der Waals surface area contributed by atoms with Crippen molar-refractivity contribution < 1.29 is 4.79 Å². The molecule has 0 saturated carbocycles. The molecule has 4 N–H and O–H groups in total. The molecule has 1 unspecified atom stereocenters. The lowest BCUT2D eigenvalue weighted by atomic mass is 10.3. The van der Waals surface area contributed by atoms with E-state index in [0.717, 1.165) is 0 Å². The molecule has 0 aliphatic rings. The van der Waals surface area contributed by atoms with Crippen molar-refractivity contribution in [2.45, 2.75) is 13.0 Å². The van der Waals surface area contributed by atoms with E-state index in [4.69, 9.17) is 11.5 Å². The van der Waals surface area contributed by atoms with E-state index in [-0.39, 0.29) is 11.9 Å². The van der Waals surface area contributed by atoms with Crippen molar-refractivity contribution in [3.63, 3.8) is 0 Å². The molecule has 60 valence electrons. The lowest BCUT2D eigenvalue weighted by Gasteiger charge is -2.20. The van der Waals surface area contributed by atoms with E-state index < -0.39 is 0 Å². The van der Waals surface area contributed by atoms with Crippen molar-refractivity contribution in [2.75, 3.05) is 20.1 Å². The first-order valence-corrected chi connectivity index (χ1v) is 3.29. The van der Waals surface area contributed by atoms with Gasteiger partial charge in [-0.1, -0.05) is 0 Å². The van der Waals surface area contributed by atoms with Crippen LogP contribution in [0.15, 0.2) is 0 Å². The Hall–Kier alpha value is -0.610. The molecule has 0 fully saturated rings. The van der Waals surface area contributed by atoms with Crippen molar-refractivity contribution in [2.24, 2.45) is 11.5 Å². The number of nitrogens with two attached hydrogens (primary N) is 2. The summed E-state index contributed by atoms with van der Waals surface area (Å²) in [5, 5.41) is 0. The van der Waals surface area contributed by atoms with Crippen molar-refractivity contribution in [1.29, 1.82) is 0 Å². The van der Waals surface area contributed by atoms with Gasteiger partial charge in [-0.3, -0.25) is 9.69 Å². The van der Waals surface area contributed by atoms with E-state index in [9.17, 15) is 4.79 Å². The highest BCUT2D eigenvalue weighted by molar-refractivity contribution is 5.79. The molecular weight excluding hydrogens is 130 g/mol. The fourth-order valence-electron chi connectivity index (χ4n) is 0.614. The Kier molecular flexibility index (Phi) is 3.99. The van der Waals surface area contributed by atoms with E-state index in [1.54, 1.807) is 6.92 Å². The molecule has 0 radical (unpaired) electrons. The van der Waals surface area contributed by atoms with Gasteiger partial charge in [-0.05, 0) is 14.0 Å². The van der Waals surface area contributed by atoms with Gasteiger partial charge in [0.1, 0.15) is 0 Å². The summed E-state index contributed by atoms with van der Waals surface area (Å²) < 4.78 is 0. The molecule has 0 heterocycles. The summed E-state index contributed by atoms with van der Waals surface area (Å²) in [5.74, 6) is -0.309. The summed E-state index contributed by atoms with van der Waals surface area (Å²) in [5.41, 5.74) is 10.3. The van der Waals surface area contributed by atoms with Gasteiger partial charge < -0.3 is 11.5 Å². The Labute approximate surface area is 61.2 Å². The second-order valence-corrected chi connectivity index (χ2v) is 2.35. The van der Waals surface area contributed by atoms with E-state index in [0.29, 0.717) is 13.1 Å². The lowest BCUT2D eigenvalue weighted by molar-refractivity contribution is -0.122. The molecule has 1 amide bonds. The highest BCUT2D eigenvalue weighted by atomic mass is 16.1. The summed E-state index contributed by atoms with van der Waals surface area (Å²) >= 11 is 0. The molecule has 4 nitrogen and oxygen atoms in total. The van der Waals surface area contributed by atoms with Gasteiger partial charge >= 0.3 is 0 Å². The molecule has 4 heteroatoms. The average Bonchev–Trinajstić information content (AvgIpc) is 1.87. The van der Waals surface area contributed by atoms with Gasteiger partial charge in [-0.25, -0.2) is 0 Å². The van der Waals surface area contributed by atoms with Crippen LogP contribution in [0.5, 0.6) is 0 Å². The van der Waals surface area contributed by atoms with Crippen LogP contribution in [0, 0.1) is 0 Å². The van der Waals surface area contributed by atoms with Crippen LogP contribution in [-0.2, 0) is 4.79 Å². The summed E-state index contributed by atoms with van der Waals surface area (Å²) in [6.45, 7) is 3.01. The highest BCUT2D eigenvalue weighted by Crippen LogP contribution is 1.91. The number of carbonyl (C=O) groups excluding carboxylic acids is 1. The molecule has 10 heavy (non-hydrogen) atoms. The zero-order valence-electron chi connectivity index (χ0n) is 6.50. The molecule has 0 aromatic rings. The van der Waals surface area contributed by atoms with Crippen LogP contribution >= 0.6 is 0 Å². The first-order valence-electron chi connectivity index (χ1n) is 3.29. The molecular formula is C6H15N3O. The lowest BCUT2D eigenvalue weighted by Crippen LogP contribution is -2.42. The number of carbonyl (C=O) groups is 1. The zero-order chi connectivity index (χ0) is 8.15. The van der Waals surface area contributed by atoms with E-state index in [2.05, 4.69) is 0 Å². The average molecular weight is 145 g/mol. The number of hydrogen-bond donors (Lipinski definition) is 2. The van der Waals surface area contributed by atoms with Gasteiger partial charge in [0.05, 0.1) is 6.04 Å². The third kappa shape index (κ3) is 2.80. The summed E-state index contributed by atoms with van der Waals surface area (Å²) in [6, 6.07) is -0.219. The number of amides is 1. The fraction of sp³-hybridized carbons (Fsp3) is 0.833. The SMILES string of the molecule is CC(C(N)=O)N(C)CCN. The third-order valence-electron chi connectivity index (χ3n) is 1.55. The first kappa shape index (κ1) is 9.39. The Bertz CT molecular complexity index is 116. The molecule has 0 aromatic carbocycles. The maximum atomic E-state index is 10.6. The molecule has 0 saturated heterocycles. The maximum absolute atomic E-state index is 10.6. The van der Waals surface area contributed by atoms with Crippen LogP contribution in [0.4, 0.5) is 0 Å². The maximum Gasteiger partial charge on any atom is 0.234 e. The van der Waals surface area contributed by atoms with Crippen LogP contribution in [-0.4, -0.2) is 37.0 Å². The quantitative estimate of drug-likeness (QED) is 0.519. The standard InChI is InChI=1S/C6H15N3O/c1-5(6(8)10)9(2)4-3-7/h5H,3-4,7H2,1-2H3,(H2,8,10). The van der Waals surface area contributed by atoms with Crippen molar-refractivity contribution in [3.05, 3.63) is 0 Å². The van der Waals surface area contributed by atoms with Crippen LogP contribution < -0.4 is 11.5 Å². The fourth-order valence-corrected chi connectivity index (χ4v) is 0.614. The third-order valence-corrected chi connectivity index (χ3v) is 1.55. The molecule has 0 rings (SSSR count). The van der Waals surface area contributed by atoms with Gasteiger partial charge in [-0.15, -0.1) is 0 Å². The van der Waals surface area contributed by atoms with Gasteiger partial charge in [0.15, 0.2) is 0 Å². The minimum atomic E-state index is -0.309. The predicted octanol–water partition coefficient (Wildman–Crippen LogP) is -1.25. The van der Waals surface area contributed by atoms with Gasteiger partial charge in [0, 0.05) is 13.1 Å². The molecule has 1 atom stereocenters. The van der Waals surface area contributed by atoms with E-state index in [1.807, 2.05) is 11.9 Å². The van der Waals surface area contributed by atoms with E-state index in [1.165, 1.54) is 0 Å². The molecule has 0 bridgehead atoms. The Morgan fingerprint density at radius 1 is 1.70 bits per heavy atom. The largest absolute Gasteiger partial charge is 0.368 e. The second kappa shape index (κ2) is 4.24. The highest BCUT2D eigenvalue weighted by Gasteiger charge is 2.12. The Morgan fingerprint density at radius 2 is 2.20 bits per heavy atom. The van der Waals surface area contributed by atoms with Crippen molar-refractivity contribution in [3.8, 4) is 0 Å². The molecule has 0 aromatic heterocycles. The van der Waals surface area contributed by atoms with Crippen molar-refractivity contribution >= 4 is 5.91 Å². The van der Waals surface area contributed by atoms with Gasteiger partial charge in [-0.2, -0.15) is 0 Å². The van der Waals surface area contributed by atoms with Crippen LogP contribution in [0.25, 0.3) is 0 Å². The van der Waals surface area contributed by atoms with Gasteiger partial charge in [0.25, 0.3) is 0 Å². The second-order valence-electron chi connectivity index (χ2n) is 2.35. The summed E-state index contributed by atoms with van der Waals surface area (Å²) in [7, 11) is 1.82. The number of nitrogens with zero attached hydrogens (tertiary/aromatic N) is 1. The first-order chi connectivity index (χ1) is 4.59. The Morgan fingerprint density at radius 3 is 2.50 bits per heavy atom. The van der Waals surface area contributed by atoms with Gasteiger partial charge in [0.2, 0.25) is 5.91 Å². The minimum Gasteiger partial charge on any atom is -0.368 e. The molecule has 0 aliphatic carbocycles. The minimum absolute atomic E-state index is 0.219.